The maximum atomic E-state index is 13.5. The third kappa shape index (κ3) is 8.61. The summed E-state index contributed by atoms with van der Waals surface area (Å²) in [4.78, 5) is 72.9. The highest BCUT2D eigenvalue weighted by molar-refractivity contribution is 6.05. The molecule has 6 aliphatic rings. The molecule has 12 heterocycles. The minimum Gasteiger partial charge on any atom is -0.384 e. The topological polar surface area (TPSA) is 219 Å². The number of anilines is 8. The van der Waals surface area contributed by atoms with Gasteiger partial charge >= 0.3 is 18.1 Å². The minimum atomic E-state index is -0.279. The van der Waals surface area contributed by atoms with Crippen LogP contribution in [0.4, 0.5) is 60.4 Å². The quantitative estimate of drug-likeness (QED) is 0.141. The minimum absolute atomic E-state index is 0.0296. The summed E-state index contributed by atoms with van der Waals surface area (Å²) in [6.07, 6.45) is 8.88. The van der Waals surface area contributed by atoms with E-state index >= 15 is 0 Å². The number of pyridine rings is 6. The van der Waals surface area contributed by atoms with E-state index in [-0.39, 0.29) is 24.1 Å². The third-order valence-corrected chi connectivity index (χ3v) is 12.4. The number of nitrogens with two attached hydrogens (primary N) is 1. The smallest absolute Gasteiger partial charge is 0.329 e. The number of aryl methyl sites for hydroxylation is 2. The largest absolute Gasteiger partial charge is 0.384 e. The first-order valence-electron chi connectivity index (χ1n) is 22.2. The van der Waals surface area contributed by atoms with Gasteiger partial charge in [0.2, 0.25) is 0 Å². The summed E-state index contributed by atoms with van der Waals surface area (Å²) < 4.78 is 0. The first-order valence-corrected chi connectivity index (χ1v) is 22.2. The van der Waals surface area contributed by atoms with Crippen LogP contribution in [0, 0.1) is 13.8 Å². The molecule has 12 rings (SSSR count). The summed E-state index contributed by atoms with van der Waals surface area (Å²) in [5.74, 6) is 2.50. The van der Waals surface area contributed by atoms with E-state index in [0.717, 1.165) is 83.7 Å². The summed E-state index contributed by atoms with van der Waals surface area (Å²) in [6.45, 7) is 10.4. The van der Waals surface area contributed by atoms with E-state index in [1.165, 1.54) is 12.1 Å². The van der Waals surface area contributed by atoms with Gasteiger partial charge in [-0.05, 0) is 87.4 Å². The van der Waals surface area contributed by atoms with Crippen molar-refractivity contribution < 1.29 is 14.4 Å². The zero-order valence-electron chi connectivity index (χ0n) is 36.7. The Bertz CT molecular complexity index is 2820. The van der Waals surface area contributed by atoms with Crippen LogP contribution in [0.5, 0.6) is 0 Å². The average Bonchev–Trinajstić information content (AvgIpc) is 4.15. The van der Waals surface area contributed by atoms with Crippen LogP contribution in [0.2, 0.25) is 0 Å². The Morgan fingerprint density at radius 1 is 0.667 bits per heavy atom. The zero-order valence-corrected chi connectivity index (χ0v) is 36.7. The number of hydrogen-bond acceptors (Lipinski definition) is 13. The molecule has 4 bridgehead atoms. The van der Waals surface area contributed by atoms with Crippen molar-refractivity contribution in [3.63, 3.8) is 0 Å². The van der Waals surface area contributed by atoms with Crippen LogP contribution in [0.15, 0.2) is 97.6 Å². The normalized spacial score (nSPS) is 18.5. The number of nitrogen functional groups attached to an aromatic ring is 1. The van der Waals surface area contributed by atoms with Gasteiger partial charge in [0.15, 0.2) is 11.6 Å². The van der Waals surface area contributed by atoms with Crippen molar-refractivity contribution in [1.82, 2.24) is 40.5 Å². The number of urea groups is 3. The van der Waals surface area contributed by atoms with Crippen molar-refractivity contribution >= 4 is 64.1 Å². The number of aromatic nitrogens is 6. The molecule has 0 aromatic carbocycles. The fourth-order valence-electron chi connectivity index (χ4n) is 9.17. The molecule has 0 unspecified atom stereocenters. The Labute approximate surface area is 381 Å². The molecule has 4 fully saturated rings. The second-order valence-electron chi connectivity index (χ2n) is 16.8. The molecule has 336 valence electrons. The highest BCUT2D eigenvalue weighted by Crippen LogP contribution is 2.41. The molecule has 0 radical (unpaired) electrons. The fraction of sp³-hybridized carbons (Fsp3) is 0.298. The van der Waals surface area contributed by atoms with Gasteiger partial charge in [-0.1, -0.05) is 0 Å². The van der Waals surface area contributed by atoms with Crippen LogP contribution in [0.1, 0.15) is 24.2 Å². The van der Waals surface area contributed by atoms with E-state index in [0.29, 0.717) is 55.4 Å². The molecule has 19 nitrogen and oxygen atoms in total. The second kappa shape index (κ2) is 17.8. The Morgan fingerprint density at radius 3 is 1.92 bits per heavy atom. The number of rotatable bonds is 5. The molecule has 6 amide bonds. The van der Waals surface area contributed by atoms with E-state index in [4.69, 9.17) is 15.7 Å². The fourth-order valence-corrected chi connectivity index (χ4v) is 9.17. The summed E-state index contributed by atoms with van der Waals surface area (Å²) in [5, 5.41) is 12.0. The zero-order chi connectivity index (χ0) is 45.3. The number of hydrogen-bond donors (Lipinski definition) is 5. The van der Waals surface area contributed by atoms with Gasteiger partial charge in [-0.25, -0.2) is 34.3 Å². The SMILES string of the molecule is Cc1cc(-c2ccc3c(n2)N(C(=O)Nc2cc(N4CCNC4=O)ccn2)[C@H]2CCN3C2)ccn1.Cc1cc(-c2ccc3c(n2)N[C@H]2CCN3C2)ccn1.Nc1cc(N2CCNC2=O)ccn1. The molecule has 6 aliphatic heterocycles. The summed E-state index contributed by atoms with van der Waals surface area (Å²) in [7, 11) is 0. The van der Waals surface area contributed by atoms with E-state index in [1.807, 2.05) is 50.4 Å². The summed E-state index contributed by atoms with van der Waals surface area (Å²) >= 11 is 0. The third-order valence-electron chi connectivity index (χ3n) is 12.4. The Kier molecular flexibility index (Phi) is 11.3. The first kappa shape index (κ1) is 41.9. The van der Waals surface area contributed by atoms with Gasteiger partial charge < -0.3 is 31.5 Å². The maximum absolute atomic E-state index is 13.5. The van der Waals surface area contributed by atoms with Crippen LogP contribution in [-0.4, -0.2) is 112 Å². The van der Waals surface area contributed by atoms with Crippen molar-refractivity contribution in [2.24, 2.45) is 0 Å². The average molecular weight is 887 g/mol. The van der Waals surface area contributed by atoms with Crippen molar-refractivity contribution in [3.8, 4) is 22.5 Å². The molecule has 19 heteroatoms. The summed E-state index contributed by atoms with van der Waals surface area (Å²) in [5.41, 5.74) is 15.0. The van der Waals surface area contributed by atoms with E-state index in [2.05, 4.69) is 69.2 Å². The van der Waals surface area contributed by atoms with Crippen molar-refractivity contribution in [3.05, 3.63) is 109 Å². The molecule has 66 heavy (non-hydrogen) atoms. The molecular weight excluding hydrogens is 837 g/mol. The first-order chi connectivity index (χ1) is 32.1. The highest BCUT2D eigenvalue weighted by atomic mass is 16.2. The van der Waals surface area contributed by atoms with E-state index < -0.39 is 0 Å². The number of amides is 6. The lowest BCUT2D eigenvalue weighted by Gasteiger charge is -2.35. The molecule has 6 N–H and O–H groups in total. The van der Waals surface area contributed by atoms with Crippen LogP contribution in [-0.2, 0) is 0 Å². The van der Waals surface area contributed by atoms with E-state index in [9.17, 15) is 14.4 Å². The van der Waals surface area contributed by atoms with Crippen LogP contribution < -0.4 is 51.5 Å². The molecule has 6 aromatic heterocycles. The van der Waals surface area contributed by atoms with Crippen LogP contribution >= 0.6 is 0 Å². The lowest BCUT2D eigenvalue weighted by atomic mass is 10.1. The van der Waals surface area contributed by atoms with Crippen molar-refractivity contribution in [2.75, 3.05) is 93.2 Å². The van der Waals surface area contributed by atoms with Gasteiger partial charge in [0.25, 0.3) is 0 Å². The molecule has 6 aromatic rings. The number of fused-ring (bicyclic) bond motifs is 8. The van der Waals surface area contributed by atoms with Crippen molar-refractivity contribution in [1.29, 1.82) is 0 Å². The molecule has 0 saturated carbocycles. The number of carbonyl (C=O) groups is 3. The monoisotopic (exact) mass is 886 g/mol. The number of nitrogens with zero attached hydrogens (tertiary/aromatic N) is 11. The second-order valence-corrected chi connectivity index (χ2v) is 16.8. The lowest BCUT2D eigenvalue weighted by Crippen LogP contribution is -2.48. The van der Waals surface area contributed by atoms with Crippen molar-refractivity contribution in [2.45, 2.75) is 38.8 Å². The highest BCUT2D eigenvalue weighted by Gasteiger charge is 2.40. The van der Waals surface area contributed by atoms with E-state index in [1.54, 1.807) is 57.6 Å². The van der Waals surface area contributed by atoms with Gasteiger partial charge in [0.1, 0.15) is 11.6 Å². The molecule has 0 spiro atoms. The standard InChI is InChI=1S/C24H24N8O2.C15H16N4.C8H10N4O/c1-15-12-16(4-7-25-15)19-2-3-20-22(28-19)32(18-6-10-30(20)14-18)24(34)29-21-13-17(5-8-26-21)31-11-9-27-23(31)33;1-10-8-11(4-6-16-10)13-2-3-14-15(18-13)17-12-5-7-19(14)9-12;9-7-5-6(1-2-10-7)12-4-3-11-8(12)13/h2-5,7-8,12-13,18H,6,9-11,14H2,1H3,(H,27,33)(H,26,29,34);2-4,6,8,12H,5,7,9H2,1H3,(H,17,18);1-2,5H,3-4H2,(H2,9,10)(H,11,13)/t18-;12-;/m00./s1. The Hall–Kier alpha value is -8.09. The number of nitrogens with one attached hydrogen (secondary N) is 4. The maximum Gasteiger partial charge on any atom is 0.329 e. The van der Waals surface area contributed by atoms with Crippen LogP contribution in [0.25, 0.3) is 22.5 Å². The predicted molar refractivity (Wildman–Crippen MR) is 255 cm³/mol. The number of carbonyl (C=O) groups excluding carboxylic acids is 3. The van der Waals surface area contributed by atoms with Gasteiger partial charge in [-0.2, -0.15) is 0 Å². The molecule has 0 aliphatic carbocycles. The van der Waals surface area contributed by atoms with Gasteiger partial charge in [-0.15, -0.1) is 0 Å². The van der Waals surface area contributed by atoms with Gasteiger partial charge in [0, 0.05) is 118 Å². The Morgan fingerprint density at radius 2 is 1.27 bits per heavy atom. The molecule has 2 atom stereocenters. The Balaban J connectivity index is 0.000000133. The predicted octanol–water partition coefficient (Wildman–Crippen LogP) is 5.66. The van der Waals surface area contributed by atoms with Crippen LogP contribution in [0.3, 0.4) is 0 Å². The summed E-state index contributed by atoms with van der Waals surface area (Å²) in [6, 6.07) is 23.3. The lowest BCUT2D eigenvalue weighted by molar-refractivity contribution is 0.251. The molecule has 4 saturated heterocycles. The molecular formula is C47H50N16O3. The van der Waals surface area contributed by atoms with Gasteiger partial charge in [-0.3, -0.25) is 30.0 Å². The van der Waals surface area contributed by atoms with Gasteiger partial charge in [0.05, 0.1) is 40.2 Å².